The van der Waals surface area contributed by atoms with Crippen LogP contribution in [0, 0.1) is 0 Å². The molecule has 20 heavy (non-hydrogen) atoms. The van der Waals surface area contributed by atoms with Gasteiger partial charge in [0, 0.05) is 17.8 Å². The highest BCUT2D eigenvalue weighted by Gasteiger charge is 2.20. The van der Waals surface area contributed by atoms with Gasteiger partial charge in [-0.05, 0) is 41.9 Å². The van der Waals surface area contributed by atoms with E-state index in [4.69, 9.17) is 9.84 Å². The molecule has 0 aromatic heterocycles. The minimum absolute atomic E-state index is 0.219. The van der Waals surface area contributed by atoms with E-state index in [0.29, 0.717) is 11.4 Å². The van der Waals surface area contributed by atoms with Crippen molar-refractivity contribution in [2.24, 2.45) is 0 Å². The van der Waals surface area contributed by atoms with Gasteiger partial charge in [0.15, 0.2) is 0 Å². The normalized spacial score (nSPS) is 10.2. The lowest BCUT2D eigenvalue weighted by atomic mass is 10.3. The molecule has 0 saturated carbocycles. The number of anilines is 1. The number of amides is 2. The molecule has 0 bridgehead atoms. The van der Waals surface area contributed by atoms with Crippen molar-refractivity contribution in [3.8, 4) is 5.75 Å². The molecule has 0 atom stereocenters. The van der Waals surface area contributed by atoms with E-state index in [1.54, 1.807) is 32.0 Å². The summed E-state index contributed by atoms with van der Waals surface area (Å²) >= 11 is 3.32. The average Bonchev–Trinajstić information content (AvgIpc) is 2.37. The Bertz CT molecular complexity index is 505. The number of methoxy groups -OCH3 is 1. The summed E-state index contributed by atoms with van der Waals surface area (Å²) in [4.78, 5) is 24.1. The van der Waals surface area contributed by atoms with E-state index < -0.39 is 12.0 Å². The average molecular weight is 345 g/mol. The van der Waals surface area contributed by atoms with E-state index in [-0.39, 0.29) is 12.6 Å². The number of carboxylic acids is 1. The van der Waals surface area contributed by atoms with Crippen molar-refractivity contribution in [2.75, 3.05) is 19.0 Å². The number of hydrogen-bond donors (Lipinski definition) is 2. The van der Waals surface area contributed by atoms with Crippen LogP contribution < -0.4 is 10.1 Å². The number of nitrogens with one attached hydrogen (secondary N) is 1. The Hall–Kier alpha value is -1.76. The van der Waals surface area contributed by atoms with Crippen molar-refractivity contribution < 1.29 is 19.4 Å². The lowest BCUT2D eigenvalue weighted by Crippen LogP contribution is -2.43. The highest BCUT2D eigenvalue weighted by molar-refractivity contribution is 9.10. The van der Waals surface area contributed by atoms with E-state index in [1.807, 2.05) is 0 Å². The molecule has 0 aliphatic carbocycles. The van der Waals surface area contributed by atoms with Gasteiger partial charge in [-0.2, -0.15) is 0 Å². The monoisotopic (exact) mass is 344 g/mol. The van der Waals surface area contributed by atoms with Crippen LogP contribution >= 0.6 is 15.9 Å². The summed E-state index contributed by atoms with van der Waals surface area (Å²) in [5.74, 6) is -0.473. The molecule has 0 unspecified atom stereocenters. The molecule has 0 saturated heterocycles. The van der Waals surface area contributed by atoms with Crippen LogP contribution in [-0.4, -0.2) is 41.7 Å². The molecule has 1 rings (SSSR count). The van der Waals surface area contributed by atoms with Gasteiger partial charge in [-0.3, -0.25) is 4.79 Å². The molecule has 1 aromatic rings. The first-order valence-corrected chi connectivity index (χ1v) is 6.77. The number of ether oxygens (including phenoxy) is 1. The minimum atomic E-state index is -1.05. The third-order valence-electron chi connectivity index (χ3n) is 2.59. The van der Waals surface area contributed by atoms with E-state index in [2.05, 4.69) is 21.2 Å². The number of carbonyl (C=O) groups is 2. The molecule has 110 valence electrons. The first-order chi connectivity index (χ1) is 9.35. The van der Waals surface area contributed by atoms with Gasteiger partial charge in [0.05, 0.1) is 11.6 Å². The molecule has 2 N–H and O–H groups in total. The molecule has 1 aromatic carbocycles. The van der Waals surface area contributed by atoms with E-state index >= 15 is 0 Å². The van der Waals surface area contributed by atoms with Crippen molar-refractivity contribution in [1.82, 2.24) is 4.90 Å². The highest BCUT2D eigenvalue weighted by Crippen LogP contribution is 2.28. The van der Waals surface area contributed by atoms with E-state index in [9.17, 15) is 9.59 Å². The number of benzene rings is 1. The highest BCUT2D eigenvalue weighted by atomic mass is 79.9. The number of carbonyl (C=O) groups excluding carboxylic acids is 1. The van der Waals surface area contributed by atoms with Crippen molar-refractivity contribution in [3.63, 3.8) is 0 Å². The quantitative estimate of drug-likeness (QED) is 0.860. The summed E-state index contributed by atoms with van der Waals surface area (Å²) in [6, 6.07) is 4.41. The largest absolute Gasteiger partial charge is 0.495 e. The topological polar surface area (TPSA) is 78.9 Å². The van der Waals surface area contributed by atoms with Gasteiger partial charge in [-0.25, -0.2) is 4.79 Å². The molecular formula is C13H17BrN2O4. The van der Waals surface area contributed by atoms with Gasteiger partial charge >= 0.3 is 12.0 Å². The Morgan fingerprint density at radius 1 is 1.45 bits per heavy atom. The van der Waals surface area contributed by atoms with Crippen molar-refractivity contribution in [3.05, 3.63) is 22.7 Å². The molecule has 0 aliphatic rings. The fourth-order valence-electron chi connectivity index (χ4n) is 1.57. The number of aliphatic carboxylic acids is 1. The number of rotatable bonds is 5. The van der Waals surface area contributed by atoms with E-state index in [1.165, 1.54) is 12.0 Å². The Kier molecular flexibility index (Phi) is 5.82. The number of urea groups is 1. The zero-order valence-electron chi connectivity index (χ0n) is 11.5. The second-order valence-electron chi connectivity index (χ2n) is 4.39. The number of halogens is 1. The minimum Gasteiger partial charge on any atom is -0.495 e. The standard InChI is InChI=1S/C13H17BrN2O4/c1-8(2)16(7-12(17)18)13(19)15-9-4-5-10(14)11(6-9)20-3/h4-6,8H,7H2,1-3H3,(H,15,19)(H,17,18). The Morgan fingerprint density at radius 3 is 2.60 bits per heavy atom. The maximum Gasteiger partial charge on any atom is 0.323 e. The molecule has 0 aliphatic heterocycles. The van der Waals surface area contributed by atoms with Crippen LogP contribution in [0.15, 0.2) is 22.7 Å². The zero-order valence-corrected chi connectivity index (χ0v) is 13.1. The molecule has 7 heteroatoms. The van der Waals surface area contributed by atoms with Gasteiger partial charge in [0.25, 0.3) is 0 Å². The number of carboxylic acid groups (broad SMARTS) is 1. The SMILES string of the molecule is COc1cc(NC(=O)N(CC(=O)O)C(C)C)ccc1Br. The van der Waals surface area contributed by atoms with Gasteiger partial charge in [-0.1, -0.05) is 0 Å². The van der Waals surface area contributed by atoms with Crippen LogP contribution in [0.2, 0.25) is 0 Å². The van der Waals surface area contributed by atoms with Gasteiger partial charge in [-0.15, -0.1) is 0 Å². The summed E-state index contributed by atoms with van der Waals surface area (Å²) in [6.07, 6.45) is 0. The molecular weight excluding hydrogens is 328 g/mol. The van der Waals surface area contributed by atoms with Crippen LogP contribution in [0.1, 0.15) is 13.8 Å². The summed E-state index contributed by atoms with van der Waals surface area (Å²) in [6.45, 7) is 3.16. The number of nitrogens with zero attached hydrogens (tertiary/aromatic N) is 1. The summed E-state index contributed by atoms with van der Waals surface area (Å²) < 4.78 is 5.90. The fourth-order valence-corrected chi connectivity index (χ4v) is 1.98. The molecule has 0 heterocycles. The fraction of sp³-hybridized carbons (Fsp3) is 0.385. The molecule has 0 spiro atoms. The van der Waals surface area contributed by atoms with Gasteiger partial charge in [0.2, 0.25) is 0 Å². The maximum atomic E-state index is 12.1. The van der Waals surface area contributed by atoms with Gasteiger partial charge in [0.1, 0.15) is 12.3 Å². The molecule has 6 nitrogen and oxygen atoms in total. The lowest BCUT2D eigenvalue weighted by Gasteiger charge is -2.25. The van der Waals surface area contributed by atoms with E-state index in [0.717, 1.165) is 4.47 Å². The molecule has 0 fully saturated rings. The number of hydrogen-bond acceptors (Lipinski definition) is 3. The van der Waals surface area contributed by atoms with Crippen molar-refractivity contribution >= 4 is 33.6 Å². The van der Waals surface area contributed by atoms with Gasteiger partial charge < -0.3 is 20.1 Å². The summed E-state index contributed by atoms with van der Waals surface area (Å²) in [5.41, 5.74) is 0.533. The predicted octanol–water partition coefficient (Wildman–Crippen LogP) is 2.78. The first-order valence-electron chi connectivity index (χ1n) is 5.98. The van der Waals surface area contributed by atoms with Crippen LogP contribution in [0.25, 0.3) is 0 Å². The Balaban J connectivity index is 2.85. The third kappa shape index (κ3) is 4.41. The smallest absolute Gasteiger partial charge is 0.323 e. The Labute approximate surface area is 125 Å². The predicted molar refractivity (Wildman–Crippen MR) is 79.2 cm³/mol. The van der Waals surface area contributed by atoms with Crippen LogP contribution in [0.4, 0.5) is 10.5 Å². The second-order valence-corrected chi connectivity index (χ2v) is 5.25. The second kappa shape index (κ2) is 7.14. The zero-order chi connectivity index (χ0) is 15.3. The van der Waals surface area contributed by atoms with Crippen LogP contribution in [-0.2, 0) is 4.79 Å². The first kappa shape index (κ1) is 16.3. The third-order valence-corrected chi connectivity index (χ3v) is 3.25. The molecule has 2 amide bonds. The van der Waals surface area contributed by atoms with Crippen molar-refractivity contribution in [1.29, 1.82) is 0 Å². The summed E-state index contributed by atoms with van der Waals surface area (Å²) in [5, 5.41) is 11.5. The summed E-state index contributed by atoms with van der Waals surface area (Å²) in [7, 11) is 1.52. The van der Waals surface area contributed by atoms with Crippen LogP contribution in [0.5, 0.6) is 5.75 Å². The Morgan fingerprint density at radius 2 is 2.10 bits per heavy atom. The lowest BCUT2D eigenvalue weighted by molar-refractivity contribution is -0.137. The van der Waals surface area contributed by atoms with Crippen molar-refractivity contribution in [2.45, 2.75) is 19.9 Å². The maximum absolute atomic E-state index is 12.1. The molecule has 0 radical (unpaired) electrons. The van der Waals surface area contributed by atoms with Crippen LogP contribution in [0.3, 0.4) is 0 Å².